The molecule has 7 nitrogen and oxygen atoms in total. The van der Waals surface area contributed by atoms with Crippen molar-refractivity contribution in [2.45, 2.75) is 53.5 Å². The van der Waals surface area contributed by atoms with Crippen LogP contribution in [0, 0.1) is 13.8 Å². The molecule has 2 heterocycles. The van der Waals surface area contributed by atoms with E-state index in [4.69, 9.17) is 18.7 Å². The number of aliphatic imine (C=N–C) groups is 1. The van der Waals surface area contributed by atoms with Crippen LogP contribution in [0.3, 0.4) is 0 Å². The molecule has 2 aromatic heterocycles. The molecule has 7 heteroatoms. The van der Waals surface area contributed by atoms with Gasteiger partial charge in [-0.25, -0.2) is 0 Å². The van der Waals surface area contributed by atoms with Crippen molar-refractivity contribution in [1.82, 2.24) is 15.8 Å². The highest BCUT2D eigenvalue weighted by Gasteiger charge is 2.18. The number of hydrogen-bond donors (Lipinski definition) is 2. The average Bonchev–Trinajstić information content (AvgIpc) is 3.30. The fourth-order valence-electron chi connectivity index (χ4n) is 3.65. The molecule has 0 saturated carbocycles. The number of hydrogen-bond acceptors (Lipinski definition) is 5. The number of ether oxygens (including phenoxy) is 1. The van der Waals surface area contributed by atoms with E-state index in [1.54, 1.807) is 0 Å². The second-order valence-corrected chi connectivity index (χ2v) is 7.48. The lowest BCUT2D eigenvalue weighted by Gasteiger charge is -2.17. The van der Waals surface area contributed by atoms with Gasteiger partial charge in [-0.05, 0) is 46.8 Å². The summed E-state index contributed by atoms with van der Waals surface area (Å²) < 4.78 is 17.1. The van der Waals surface area contributed by atoms with Crippen molar-refractivity contribution in [2.24, 2.45) is 4.99 Å². The lowest BCUT2D eigenvalue weighted by molar-refractivity contribution is 0.336. The molecule has 3 rings (SSSR count). The number of guanidine groups is 1. The molecule has 2 atom stereocenters. The molecule has 2 N–H and O–H groups in total. The predicted molar refractivity (Wildman–Crippen MR) is 119 cm³/mol. The van der Waals surface area contributed by atoms with Crippen molar-refractivity contribution in [3.05, 3.63) is 47.0 Å². The number of rotatable bonds is 8. The van der Waals surface area contributed by atoms with E-state index in [0.29, 0.717) is 13.2 Å². The minimum atomic E-state index is -0.0564. The van der Waals surface area contributed by atoms with Crippen LogP contribution in [0.25, 0.3) is 11.0 Å². The third-order valence-corrected chi connectivity index (χ3v) is 5.06. The van der Waals surface area contributed by atoms with Crippen molar-refractivity contribution >= 4 is 16.9 Å². The largest absolute Gasteiger partial charge is 0.490 e. The summed E-state index contributed by atoms with van der Waals surface area (Å²) in [6.45, 7) is 14.1. The summed E-state index contributed by atoms with van der Waals surface area (Å²) in [7, 11) is 0. The fraction of sp³-hybridized carbons (Fsp3) is 0.478. The van der Waals surface area contributed by atoms with Crippen LogP contribution in [-0.2, 0) is 0 Å². The minimum Gasteiger partial charge on any atom is -0.490 e. The van der Waals surface area contributed by atoms with Crippen LogP contribution in [0.15, 0.2) is 38.2 Å². The molecule has 0 radical (unpaired) electrons. The maximum atomic E-state index is 6.12. The molecular formula is C23H32N4O3. The van der Waals surface area contributed by atoms with Gasteiger partial charge in [-0.3, -0.25) is 4.99 Å². The quantitative estimate of drug-likeness (QED) is 0.406. The topological polar surface area (TPSA) is 84.8 Å². The molecule has 0 aliphatic rings. The second-order valence-electron chi connectivity index (χ2n) is 7.48. The molecule has 1 aromatic carbocycles. The van der Waals surface area contributed by atoms with Crippen LogP contribution < -0.4 is 15.4 Å². The number of fused-ring (bicyclic) bond motifs is 1. The van der Waals surface area contributed by atoms with E-state index in [0.717, 1.165) is 52.0 Å². The molecule has 162 valence electrons. The van der Waals surface area contributed by atoms with Gasteiger partial charge in [0.05, 0.1) is 18.3 Å². The van der Waals surface area contributed by atoms with Crippen molar-refractivity contribution < 1.29 is 13.7 Å². The lowest BCUT2D eigenvalue weighted by atomic mass is 10.00. The molecule has 0 fully saturated rings. The van der Waals surface area contributed by atoms with Crippen LogP contribution >= 0.6 is 0 Å². The summed E-state index contributed by atoms with van der Waals surface area (Å²) in [5.41, 5.74) is 2.83. The van der Waals surface area contributed by atoms with Gasteiger partial charge in [0.15, 0.2) is 17.3 Å². The average molecular weight is 413 g/mol. The van der Waals surface area contributed by atoms with Gasteiger partial charge in [-0.2, -0.15) is 0 Å². The molecule has 0 saturated heterocycles. The predicted octanol–water partition coefficient (Wildman–Crippen LogP) is 4.86. The Morgan fingerprint density at radius 2 is 2.03 bits per heavy atom. The molecule has 0 amide bonds. The smallest absolute Gasteiger partial charge is 0.191 e. The van der Waals surface area contributed by atoms with E-state index in [2.05, 4.69) is 36.6 Å². The standard InChI is InChI=1S/C23H32N4O3/c1-7-24-23(25-13-14(3)21-16(5)27-30-17(21)6)26-15(4)20-12-18-10-9-11-19(28-8-2)22(18)29-20/h9-12,14-15H,7-8,13H2,1-6H3,(H2,24,25,26). The summed E-state index contributed by atoms with van der Waals surface area (Å²) in [4.78, 5) is 4.78. The van der Waals surface area contributed by atoms with Gasteiger partial charge in [0.1, 0.15) is 11.5 Å². The normalized spacial score (nSPS) is 14.0. The van der Waals surface area contributed by atoms with Gasteiger partial charge < -0.3 is 24.3 Å². The fourth-order valence-corrected chi connectivity index (χ4v) is 3.65. The Morgan fingerprint density at radius 1 is 1.23 bits per heavy atom. The summed E-state index contributed by atoms with van der Waals surface area (Å²) in [6.07, 6.45) is 0. The maximum Gasteiger partial charge on any atom is 0.191 e. The van der Waals surface area contributed by atoms with Gasteiger partial charge in [0, 0.05) is 30.0 Å². The van der Waals surface area contributed by atoms with E-state index >= 15 is 0 Å². The number of furan rings is 1. The molecule has 30 heavy (non-hydrogen) atoms. The Morgan fingerprint density at radius 3 is 2.70 bits per heavy atom. The maximum absolute atomic E-state index is 6.12. The highest BCUT2D eigenvalue weighted by Crippen LogP contribution is 2.31. The number of aromatic nitrogens is 1. The van der Waals surface area contributed by atoms with Crippen molar-refractivity contribution in [3.63, 3.8) is 0 Å². The number of nitrogens with one attached hydrogen (secondary N) is 2. The minimum absolute atomic E-state index is 0.0564. The monoisotopic (exact) mass is 412 g/mol. The first-order valence-electron chi connectivity index (χ1n) is 10.6. The lowest BCUT2D eigenvalue weighted by Crippen LogP contribution is -2.38. The number of para-hydroxylation sites is 1. The molecule has 0 aliphatic heterocycles. The van der Waals surface area contributed by atoms with Crippen molar-refractivity contribution in [2.75, 3.05) is 19.7 Å². The van der Waals surface area contributed by atoms with Gasteiger partial charge in [-0.1, -0.05) is 24.2 Å². The summed E-state index contributed by atoms with van der Waals surface area (Å²) in [5.74, 6) is 3.41. The van der Waals surface area contributed by atoms with Crippen LogP contribution in [0.2, 0.25) is 0 Å². The third kappa shape index (κ3) is 4.78. The molecule has 0 spiro atoms. The van der Waals surface area contributed by atoms with E-state index in [1.807, 2.05) is 45.0 Å². The summed E-state index contributed by atoms with van der Waals surface area (Å²) >= 11 is 0. The SMILES string of the molecule is CCNC(=NCC(C)c1c(C)noc1C)NC(C)c1cc2cccc(OCC)c2o1. The highest BCUT2D eigenvalue weighted by atomic mass is 16.5. The van der Waals surface area contributed by atoms with E-state index in [-0.39, 0.29) is 12.0 Å². The zero-order valence-corrected chi connectivity index (χ0v) is 18.7. The molecule has 0 aliphatic carbocycles. The van der Waals surface area contributed by atoms with Gasteiger partial charge in [0.25, 0.3) is 0 Å². The Bertz CT molecular complexity index is 986. The van der Waals surface area contributed by atoms with Crippen molar-refractivity contribution in [1.29, 1.82) is 0 Å². The van der Waals surface area contributed by atoms with E-state index in [9.17, 15) is 0 Å². The summed E-state index contributed by atoms with van der Waals surface area (Å²) in [5, 5.41) is 11.8. The molecule has 3 aromatic rings. The van der Waals surface area contributed by atoms with Gasteiger partial charge >= 0.3 is 0 Å². The molecule has 0 bridgehead atoms. The number of nitrogens with zero attached hydrogens (tertiary/aromatic N) is 2. The van der Waals surface area contributed by atoms with Crippen LogP contribution in [0.4, 0.5) is 0 Å². The Kier molecular flexibility index (Phi) is 7.03. The number of aryl methyl sites for hydroxylation is 2. The Hall–Kier alpha value is -2.96. The van der Waals surface area contributed by atoms with Crippen molar-refractivity contribution in [3.8, 4) is 5.75 Å². The second kappa shape index (κ2) is 9.69. The van der Waals surface area contributed by atoms with E-state index < -0.39 is 0 Å². The van der Waals surface area contributed by atoms with Crippen LogP contribution in [-0.4, -0.2) is 30.8 Å². The Labute approximate surface area is 177 Å². The van der Waals surface area contributed by atoms with Crippen LogP contribution in [0.5, 0.6) is 5.75 Å². The van der Waals surface area contributed by atoms with Crippen LogP contribution in [0.1, 0.15) is 62.4 Å². The van der Waals surface area contributed by atoms with Gasteiger partial charge in [-0.15, -0.1) is 0 Å². The summed E-state index contributed by atoms with van der Waals surface area (Å²) in [6, 6.07) is 7.93. The van der Waals surface area contributed by atoms with E-state index in [1.165, 1.54) is 0 Å². The van der Waals surface area contributed by atoms with Gasteiger partial charge in [0.2, 0.25) is 0 Å². The number of benzene rings is 1. The highest BCUT2D eigenvalue weighted by molar-refractivity contribution is 5.84. The first-order valence-corrected chi connectivity index (χ1v) is 10.6. The molecule has 2 unspecified atom stereocenters. The Balaban J connectivity index is 1.75. The third-order valence-electron chi connectivity index (χ3n) is 5.06. The first-order chi connectivity index (χ1) is 14.4. The molecular weight excluding hydrogens is 380 g/mol. The zero-order chi connectivity index (χ0) is 21.7. The zero-order valence-electron chi connectivity index (χ0n) is 18.7. The first kappa shape index (κ1) is 21.7.